The minimum Gasteiger partial charge on any atom is -0.406 e. The number of rotatable bonds is 2. The Bertz CT molecular complexity index is 882. The number of nitrogens with two attached hydrogens (primary N) is 1. The van der Waals surface area contributed by atoms with Crippen molar-refractivity contribution >= 4 is 17.1 Å². The third-order valence-electron chi connectivity index (χ3n) is 2.81. The predicted octanol–water partition coefficient (Wildman–Crippen LogP) is 1.59. The van der Waals surface area contributed by atoms with Crippen molar-refractivity contribution in [3.63, 3.8) is 0 Å². The molecule has 0 atom stereocenters. The van der Waals surface area contributed by atoms with Gasteiger partial charge in [-0.1, -0.05) is 0 Å². The van der Waals surface area contributed by atoms with E-state index >= 15 is 0 Å². The number of aromatic amines is 1. The van der Waals surface area contributed by atoms with Crippen molar-refractivity contribution in [3.05, 3.63) is 40.9 Å². The second kappa shape index (κ2) is 4.76. The molecule has 1 aromatic carbocycles. The molecule has 2 heterocycles. The SMILES string of the molecule is Nc1nc2nc[nH]c(=O)c2n1-c1ccc(OC(F)(F)F)cc1. The van der Waals surface area contributed by atoms with Crippen LogP contribution in [0, 0.1) is 0 Å². The summed E-state index contributed by atoms with van der Waals surface area (Å²) in [5.74, 6) is -0.394. The largest absolute Gasteiger partial charge is 0.573 e. The van der Waals surface area contributed by atoms with E-state index in [2.05, 4.69) is 19.7 Å². The lowest BCUT2D eigenvalue weighted by Crippen LogP contribution is -2.17. The number of fused-ring (bicyclic) bond motifs is 1. The van der Waals surface area contributed by atoms with Gasteiger partial charge in [0.2, 0.25) is 5.95 Å². The standard InChI is InChI=1S/C12H8F3N5O2/c13-12(14,15)22-7-3-1-6(2-4-7)20-8-9(19-11(20)16)17-5-18-10(8)21/h1-5H,(H3,16,17,18,19,21). The molecule has 0 amide bonds. The first-order valence-corrected chi connectivity index (χ1v) is 5.93. The Morgan fingerprint density at radius 3 is 2.55 bits per heavy atom. The number of benzene rings is 1. The molecular formula is C12H8F3N5O2. The lowest BCUT2D eigenvalue weighted by molar-refractivity contribution is -0.274. The zero-order chi connectivity index (χ0) is 15.9. The van der Waals surface area contributed by atoms with E-state index in [0.29, 0.717) is 5.69 Å². The molecule has 7 nitrogen and oxygen atoms in total. The Balaban J connectivity index is 2.09. The minimum absolute atomic E-state index is 0.0105. The Morgan fingerprint density at radius 2 is 1.91 bits per heavy atom. The molecule has 114 valence electrons. The van der Waals surface area contributed by atoms with E-state index in [1.807, 2.05) is 0 Å². The molecule has 0 radical (unpaired) electrons. The summed E-state index contributed by atoms with van der Waals surface area (Å²) in [6.45, 7) is 0. The lowest BCUT2D eigenvalue weighted by Gasteiger charge is -2.10. The fraction of sp³-hybridized carbons (Fsp3) is 0.0833. The molecule has 0 unspecified atom stereocenters. The molecule has 3 aromatic rings. The second-order valence-electron chi connectivity index (χ2n) is 4.25. The topological polar surface area (TPSA) is 98.8 Å². The van der Waals surface area contributed by atoms with Gasteiger partial charge in [0, 0.05) is 5.69 Å². The third-order valence-corrected chi connectivity index (χ3v) is 2.81. The van der Waals surface area contributed by atoms with Gasteiger partial charge in [0.1, 0.15) is 5.75 Å². The molecule has 0 spiro atoms. The van der Waals surface area contributed by atoms with Gasteiger partial charge in [0.25, 0.3) is 5.56 Å². The van der Waals surface area contributed by atoms with Crippen molar-refractivity contribution in [1.29, 1.82) is 0 Å². The number of hydrogen-bond acceptors (Lipinski definition) is 5. The summed E-state index contributed by atoms with van der Waals surface area (Å²) in [5.41, 5.74) is 5.87. The highest BCUT2D eigenvalue weighted by molar-refractivity contribution is 5.76. The van der Waals surface area contributed by atoms with Crippen molar-refractivity contribution in [2.24, 2.45) is 0 Å². The van der Waals surface area contributed by atoms with E-state index in [4.69, 9.17) is 5.73 Å². The van der Waals surface area contributed by atoms with Crippen LogP contribution in [0.5, 0.6) is 5.75 Å². The van der Waals surface area contributed by atoms with Crippen LogP contribution in [0.1, 0.15) is 0 Å². The molecule has 0 aliphatic heterocycles. The van der Waals surface area contributed by atoms with Crippen LogP contribution < -0.4 is 16.0 Å². The fourth-order valence-corrected chi connectivity index (χ4v) is 2.00. The van der Waals surface area contributed by atoms with E-state index in [-0.39, 0.29) is 22.9 Å². The maximum Gasteiger partial charge on any atom is 0.573 e. The molecular weight excluding hydrogens is 303 g/mol. The van der Waals surface area contributed by atoms with Crippen LogP contribution in [0.2, 0.25) is 0 Å². The van der Waals surface area contributed by atoms with E-state index in [1.54, 1.807) is 0 Å². The maximum absolute atomic E-state index is 12.1. The quantitative estimate of drug-likeness (QED) is 0.749. The summed E-state index contributed by atoms with van der Waals surface area (Å²) < 4.78 is 41.5. The number of ether oxygens (including phenoxy) is 1. The van der Waals surface area contributed by atoms with Crippen LogP contribution in [0.4, 0.5) is 19.1 Å². The Hall–Kier alpha value is -3.04. The van der Waals surface area contributed by atoms with Gasteiger partial charge in [-0.25, -0.2) is 4.98 Å². The van der Waals surface area contributed by atoms with Gasteiger partial charge in [-0.15, -0.1) is 13.2 Å². The van der Waals surface area contributed by atoms with Crippen LogP contribution in [0.25, 0.3) is 16.9 Å². The van der Waals surface area contributed by atoms with Crippen molar-refractivity contribution in [3.8, 4) is 11.4 Å². The molecule has 0 fully saturated rings. The summed E-state index contributed by atoms with van der Waals surface area (Å²) in [4.78, 5) is 22.0. The van der Waals surface area contributed by atoms with Gasteiger partial charge >= 0.3 is 6.36 Å². The molecule has 3 rings (SSSR count). The highest BCUT2D eigenvalue weighted by Crippen LogP contribution is 2.25. The highest BCUT2D eigenvalue weighted by atomic mass is 19.4. The Morgan fingerprint density at radius 1 is 1.23 bits per heavy atom. The third kappa shape index (κ3) is 2.45. The molecule has 0 saturated carbocycles. The zero-order valence-corrected chi connectivity index (χ0v) is 10.8. The van der Waals surface area contributed by atoms with Crippen LogP contribution in [-0.2, 0) is 0 Å². The van der Waals surface area contributed by atoms with Crippen molar-refractivity contribution in [2.45, 2.75) is 6.36 Å². The van der Waals surface area contributed by atoms with Gasteiger partial charge in [-0.3, -0.25) is 9.36 Å². The summed E-state index contributed by atoms with van der Waals surface area (Å²) in [7, 11) is 0. The fourth-order valence-electron chi connectivity index (χ4n) is 2.00. The number of nitrogens with one attached hydrogen (secondary N) is 1. The van der Waals surface area contributed by atoms with Crippen LogP contribution >= 0.6 is 0 Å². The molecule has 0 bridgehead atoms. The summed E-state index contributed by atoms with van der Waals surface area (Å²) in [6, 6.07) is 4.87. The Kier molecular flexibility index (Phi) is 3.01. The second-order valence-corrected chi connectivity index (χ2v) is 4.25. The average Bonchev–Trinajstić information content (AvgIpc) is 2.75. The highest BCUT2D eigenvalue weighted by Gasteiger charge is 2.31. The normalized spacial score (nSPS) is 11.8. The number of halogens is 3. The summed E-state index contributed by atoms with van der Waals surface area (Å²) in [6.07, 6.45) is -3.59. The van der Waals surface area contributed by atoms with Gasteiger partial charge in [-0.2, -0.15) is 4.98 Å². The summed E-state index contributed by atoms with van der Waals surface area (Å²) in [5, 5.41) is 0. The monoisotopic (exact) mass is 311 g/mol. The maximum atomic E-state index is 12.1. The number of hydrogen-bond donors (Lipinski definition) is 2. The molecule has 0 aliphatic carbocycles. The van der Waals surface area contributed by atoms with Crippen LogP contribution in [0.15, 0.2) is 35.4 Å². The van der Waals surface area contributed by atoms with Crippen LogP contribution in [-0.4, -0.2) is 25.9 Å². The first-order valence-electron chi connectivity index (χ1n) is 5.93. The van der Waals surface area contributed by atoms with E-state index < -0.39 is 11.9 Å². The number of imidazole rings is 1. The molecule has 2 aromatic heterocycles. The average molecular weight is 311 g/mol. The number of alkyl halides is 3. The first-order chi connectivity index (χ1) is 10.3. The number of H-pyrrole nitrogens is 1. The van der Waals surface area contributed by atoms with E-state index in [1.165, 1.54) is 23.0 Å². The molecule has 10 heteroatoms. The zero-order valence-electron chi connectivity index (χ0n) is 10.8. The molecule has 0 saturated heterocycles. The summed E-state index contributed by atoms with van der Waals surface area (Å²) >= 11 is 0. The first kappa shape index (κ1) is 13.9. The Labute approximate surface area is 120 Å². The predicted molar refractivity (Wildman–Crippen MR) is 70.6 cm³/mol. The van der Waals surface area contributed by atoms with Crippen LogP contribution in [0.3, 0.4) is 0 Å². The molecule has 3 N–H and O–H groups in total. The van der Waals surface area contributed by atoms with Gasteiger partial charge in [0.15, 0.2) is 11.2 Å². The van der Waals surface area contributed by atoms with Gasteiger partial charge in [0.05, 0.1) is 6.33 Å². The smallest absolute Gasteiger partial charge is 0.406 e. The van der Waals surface area contributed by atoms with E-state index in [9.17, 15) is 18.0 Å². The van der Waals surface area contributed by atoms with Crippen molar-refractivity contribution in [2.75, 3.05) is 5.73 Å². The number of nitrogens with zero attached hydrogens (tertiary/aromatic N) is 3. The molecule has 0 aliphatic rings. The van der Waals surface area contributed by atoms with Crippen molar-refractivity contribution in [1.82, 2.24) is 19.5 Å². The lowest BCUT2D eigenvalue weighted by atomic mass is 10.3. The van der Waals surface area contributed by atoms with Gasteiger partial charge < -0.3 is 15.5 Å². The van der Waals surface area contributed by atoms with E-state index in [0.717, 1.165) is 12.1 Å². The van der Waals surface area contributed by atoms with Gasteiger partial charge in [-0.05, 0) is 24.3 Å². The number of aromatic nitrogens is 4. The number of nitrogen functional groups attached to an aromatic ring is 1. The van der Waals surface area contributed by atoms with Crippen molar-refractivity contribution < 1.29 is 17.9 Å². The molecule has 22 heavy (non-hydrogen) atoms. The number of anilines is 1. The minimum atomic E-state index is -4.77.